The van der Waals surface area contributed by atoms with Crippen LogP contribution < -0.4 is 11.1 Å². The molecule has 2 aromatic rings. The minimum atomic E-state index is -0.658. The molecule has 0 spiro atoms. The summed E-state index contributed by atoms with van der Waals surface area (Å²) < 4.78 is 13.7. The van der Waals surface area contributed by atoms with Crippen molar-refractivity contribution in [3.05, 3.63) is 52.0 Å². The molecule has 4 N–H and O–H groups in total. The van der Waals surface area contributed by atoms with Gasteiger partial charge < -0.3 is 16.3 Å². The van der Waals surface area contributed by atoms with E-state index in [9.17, 15) is 9.18 Å². The minimum Gasteiger partial charge on any atom is -0.409 e. The predicted octanol–water partition coefficient (Wildman–Crippen LogP) is 2.23. The summed E-state index contributed by atoms with van der Waals surface area (Å²) >= 11 is 1.26. The molecule has 1 amide bonds. The average Bonchev–Trinajstić information content (AvgIpc) is 2.94. The molecule has 0 atom stereocenters. The van der Waals surface area contributed by atoms with Gasteiger partial charge in [-0.1, -0.05) is 11.2 Å². The van der Waals surface area contributed by atoms with Crippen LogP contribution in [0.4, 0.5) is 10.1 Å². The molecule has 1 aromatic heterocycles. The molecule has 19 heavy (non-hydrogen) atoms. The number of thiophene rings is 1. The molecule has 0 unspecified atom stereocenters. The maximum absolute atomic E-state index is 13.7. The molecule has 1 aromatic carbocycles. The number of rotatable bonds is 3. The lowest BCUT2D eigenvalue weighted by Gasteiger charge is -2.06. The number of halogens is 1. The van der Waals surface area contributed by atoms with E-state index in [4.69, 9.17) is 10.9 Å². The number of hydrogen-bond donors (Lipinski definition) is 3. The molecule has 0 radical (unpaired) electrons. The summed E-state index contributed by atoms with van der Waals surface area (Å²) in [6.07, 6.45) is 0. The molecule has 2 rings (SSSR count). The maximum atomic E-state index is 13.7. The number of nitrogens with one attached hydrogen (secondary N) is 1. The summed E-state index contributed by atoms with van der Waals surface area (Å²) in [6.45, 7) is 0. The van der Waals surface area contributed by atoms with Crippen LogP contribution in [0.25, 0.3) is 0 Å². The Hall–Kier alpha value is -2.41. The molecular formula is C12H10FN3O2S. The summed E-state index contributed by atoms with van der Waals surface area (Å²) in [5.74, 6) is -1.24. The van der Waals surface area contributed by atoms with Gasteiger partial charge in [0.15, 0.2) is 5.84 Å². The molecule has 0 saturated carbocycles. The van der Waals surface area contributed by atoms with Crippen molar-refractivity contribution >= 4 is 28.8 Å². The van der Waals surface area contributed by atoms with Crippen molar-refractivity contribution in [1.29, 1.82) is 0 Å². The number of anilines is 1. The van der Waals surface area contributed by atoms with Gasteiger partial charge in [0.2, 0.25) is 0 Å². The van der Waals surface area contributed by atoms with Gasteiger partial charge in [0.25, 0.3) is 5.91 Å². The SMILES string of the molecule is N/C(=N/O)c1ccc(NC(=O)c2cccs2)c(F)c1. The number of oxime groups is 1. The lowest BCUT2D eigenvalue weighted by Crippen LogP contribution is -2.15. The number of benzene rings is 1. The van der Waals surface area contributed by atoms with Crippen LogP contribution in [0, 0.1) is 5.82 Å². The van der Waals surface area contributed by atoms with E-state index in [2.05, 4.69) is 10.5 Å². The lowest BCUT2D eigenvalue weighted by molar-refractivity contribution is 0.103. The smallest absolute Gasteiger partial charge is 0.265 e. The van der Waals surface area contributed by atoms with Crippen LogP contribution in [-0.4, -0.2) is 17.0 Å². The highest BCUT2D eigenvalue weighted by Gasteiger charge is 2.11. The van der Waals surface area contributed by atoms with Gasteiger partial charge in [0, 0.05) is 5.56 Å². The maximum Gasteiger partial charge on any atom is 0.265 e. The first-order valence-corrected chi connectivity index (χ1v) is 6.12. The second-order valence-electron chi connectivity index (χ2n) is 3.61. The largest absolute Gasteiger partial charge is 0.409 e. The summed E-state index contributed by atoms with van der Waals surface area (Å²) in [4.78, 5) is 12.2. The Labute approximate surface area is 112 Å². The van der Waals surface area contributed by atoms with Gasteiger partial charge in [-0.05, 0) is 29.6 Å². The number of amides is 1. The van der Waals surface area contributed by atoms with E-state index in [1.807, 2.05) is 0 Å². The fraction of sp³-hybridized carbons (Fsp3) is 0. The highest BCUT2D eigenvalue weighted by atomic mass is 32.1. The third-order valence-electron chi connectivity index (χ3n) is 2.37. The molecule has 7 heteroatoms. The molecule has 0 aliphatic rings. The van der Waals surface area contributed by atoms with Gasteiger partial charge >= 0.3 is 0 Å². The molecule has 0 aliphatic carbocycles. The second-order valence-corrected chi connectivity index (χ2v) is 4.56. The zero-order valence-electron chi connectivity index (χ0n) is 9.63. The van der Waals surface area contributed by atoms with Crippen molar-refractivity contribution in [2.45, 2.75) is 0 Å². The van der Waals surface area contributed by atoms with E-state index >= 15 is 0 Å². The van der Waals surface area contributed by atoms with Crippen LogP contribution >= 0.6 is 11.3 Å². The molecule has 0 fully saturated rings. The van der Waals surface area contributed by atoms with Crippen LogP contribution in [0.5, 0.6) is 0 Å². The number of hydrogen-bond acceptors (Lipinski definition) is 4. The molecule has 0 saturated heterocycles. The fourth-order valence-electron chi connectivity index (χ4n) is 1.43. The van der Waals surface area contributed by atoms with Crippen LogP contribution in [0.15, 0.2) is 40.9 Å². The Bertz CT molecular complexity index is 626. The summed E-state index contributed by atoms with van der Waals surface area (Å²) in [5.41, 5.74) is 5.61. The van der Waals surface area contributed by atoms with Crippen LogP contribution in [-0.2, 0) is 0 Å². The van der Waals surface area contributed by atoms with E-state index in [-0.39, 0.29) is 23.0 Å². The predicted molar refractivity (Wildman–Crippen MR) is 71.2 cm³/mol. The van der Waals surface area contributed by atoms with Crippen molar-refractivity contribution in [1.82, 2.24) is 0 Å². The van der Waals surface area contributed by atoms with Gasteiger partial charge in [-0.15, -0.1) is 11.3 Å². The minimum absolute atomic E-state index is 0.0351. The third kappa shape index (κ3) is 2.89. The molecule has 5 nitrogen and oxygen atoms in total. The molecule has 0 aliphatic heterocycles. The Morgan fingerprint density at radius 3 is 2.79 bits per heavy atom. The summed E-state index contributed by atoms with van der Waals surface area (Å²) in [5, 5.41) is 15.5. The first-order chi connectivity index (χ1) is 9.11. The zero-order chi connectivity index (χ0) is 13.8. The first kappa shape index (κ1) is 13.0. The lowest BCUT2D eigenvalue weighted by atomic mass is 10.2. The van der Waals surface area contributed by atoms with Gasteiger partial charge in [-0.3, -0.25) is 4.79 Å². The Balaban J connectivity index is 2.20. The summed E-state index contributed by atoms with van der Waals surface area (Å²) in [6, 6.07) is 7.26. The van der Waals surface area contributed by atoms with E-state index in [1.54, 1.807) is 17.5 Å². The Kier molecular flexibility index (Phi) is 3.76. The molecular weight excluding hydrogens is 269 g/mol. The normalized spacial score (nSPS) is 11.3. The van der Waals surface area contributed by atoms with E-state index in [1.165, 1.54) is 23.5 Å². The third-order valence-corrected chi connectivity index (χ3v) is 3.23. The Morgan fingerprint density at radius 2 is 2.21 bits per heavy atom. The number of nitrogens with zero attached hydrogens (tertiary/aromatic N) is 1. The standard InChI is InChI=1S/C12H10FN3O2S/c13-8-6-7(11(14)16-18)3-4-9(8)15-12(17)10-2-1-5-19-10/h1-6,18H,(H2,14,16)(H,15,17). The average molecular weight is 279 g/mol. The molecule has 1 heterocycles. The van der Waals surface area contributed by atoms with Crippen molar-refractivity contribution in [3.63, 3.8) is 0 Å². The second kappa shape index (κ2) is 5.49. The van der Waals surface area contributed by atoms with Gasteiger partial charge in [0.05, 0.1) is 10.6 Å². The van der Waals surface area contributed by atoms with E-state index in [0.717, 1.165) is 6.07 Å². The van der Waals surface area contributed by atoms with E-state index in [0.29, 0.717) is 4.88 Å². The van der Waals surface area contributed by atoms with Crippen molar-refractivity contribution < 1.29 is 14.4 Å². The van der Waals surface area contributed by atoms with Crippen molar-refractivity contribution in [3.8, 4) is 0 Å². The highest BCUT2D eigenvalue weighted by Crippen LogP contribution is 2.18. The number of nitrogens with two attached hydrogens (primary N) is 1. The van der Waals surface area contributed by atoms with Crippen LogP contribution in [0.2, 0.25) is 0 Å². The zero-order valence-corrected chi connectivity index (χ0v) is 10.4. The van der Waals surface area contributed by atoms with Crippen molar-refractivity contribution in [2.75, 3.05) is 5.32 Å². The fourth-order valence-corrected chi connectivity index (χ4v) is 2.04. The van der Waals surface area contributed by atoms with E-state index < -0.39 is 5.82 Å². The number of amidine groups is 1. The first-order valence-electron chi connectivity index (χ1n) is 5.24. The number of carbonyl (C=O) groups is 1. The summed E-state index contributed by atoms with van der Waals surface area (Å²) in [7, 11) is 0. The Morgan fingerprint density at radius 1 is 1.42 bits per heavy atom. The monoisotopic (exact) mass is 279 g/mol. The van der Waals surface area contributed by atoms with Gasteiger partial charge in [0.1, 0.15) is 5.82 Å². The van der Waals surface area contributed by atoms with Crippen molar-refractivity contribution in [2.24, 2.45) is 10.9 Å². The molecule has 98 valence electrons. The van der Waals surface area contributed by atoms with Crippen LogP contribution in [0.3, 0.4) is 0 Å². The van der Waals surface area contributed by atoms with Gasteiger partial charge in [-0.25, -0.2) is 4.39 Å². The van der Waals surface area contributed by atoms with Gasteiger partial charge in [-0.2, -0.15) is 0 Å². The topological polar surface area (TPSA) is 87.7 Å². The quantitative estimate of drug-likeness (QED) is 0.348. The number of carbonyl (C=O) groups excluding carboxylic acids is 1. The highest BCUT2D eigenvalue weighted by molar-refractivity contribution is 7.12. The molecule has 0 bridgehead atoms. The van der Waals surface area contributed by atoms with Crippen LogP contribution in [0.1, 0.15) is 15.2 Å².